The second-order valence-electron chi connectivity index (χ2n) is 5.22. The van der Waals surface area contributed by atoms with E-state index < -0.39 is 11.8 Å². The van der Waals surface area contributed by atoms with Gasteiger partial charge < -0.3 is 10.1 Å². The number of ether oxygens (including phenoxy) is 1. The molecule has 0 aliphatic rings. The molecule has 0 bridgehead atoms. The van der Waals surface area contributed by atoms with Crippen LogP contribution in [0.15, 0.2) is 60.9 Å². The zero-order valence-electron chi connectivity index (χ0n) is 13.4. The van der Waals surface area contributed by atoms with E-state index in [2.05, 4.69) is 20.6 Å². The van der Waals surface area contributed by atoms with Crippen molar-refractivity contribution in [1.82, 2.24) is 9.97 Å². The van der Waals surface area contributed by atoms with Crippen molar-refractivity contribution < 1.29 is 18.3 Å². The maximum atomic E-state index is 13.2. The molecule has 3 aromatic rings. The summed E-state index contributed by atoms with van der Waals surface area (Å²) < 4.78 is 31.9. The first-order valence-corrected chi connectivity index (χ1v) is 7.62. The van der Waals surface area contributed by atoms with Gasteiger partial charge in [0.2, 0.25) is 0 Å². The van der Waals surface area contributed by atoms with Crippen LogP contribution in [0.3, 0.4) is 0 Å². The van der Waals surface area contributed by atoms with Gasteiger partial charge in [0.15, 0.2) is 5.82 Å². The van der Waals surface area contributed by atoms with E-state index in [0.717, 1.165) is 0 Å². The molecule has 8 heteroatoms. The van der Waals surface area contributed by atoms with Gasteiger partial charge in [0, 0.05) is 18.1 Å². The van der Waals surface area contributed by atoms with E-state index in [-0.39, 0.29) is 29.8 Å². The van der Waals surface area contributed by atoms with E-state index in [1.165, 1.54) is 42.7 Å². The van der Waals surface area contributed by atoms with Crippen LogP contribution >= 0.6 is 0 Å². The van der Waals surface area contributed by atoms with Crippen LogP contribution in [0, 0.1) is 11.6 Å². The zero-order chi connectivity index (χ0) is 18.4. The first kappa shape index (κ1) is 17.3. The summed E-state index contributed by atoms with van der Waals surface area (Å²) in [5, 5.41) is 4.96. The van der Waals surface area contributed by atoms with E-state index >= 15 is 0 Å². The van der Waals surface area contributed by atoms with Crippen molar-refractivity contribution in [2.24, 2.45) is 0 Å². The number of aromatic nitrogens is 2. The topological polar surface area (TPSA) is 76.1 Å². The number of rotatable bonds is 5. The van der Waals surface area contributed by atoms with Crippen LogP contribution in [-0.4, -0.2) is 16.0 Å². The molecule has 1 aromatic heterocycles. The second-order valence-corrected chi connectivity index (χ2v) is 5.22. The van der Waals surface area contributed by atoms with Crippen LogP contribution in [0.2, 0.25) is 0 Å². The van der Waals surface area contributed by atoms with Crippen LogP contribution in [-0.2, 0) is 6.61 Å². The minimum Gasteiger partial charge on any atom is -0.470 e. The van der Waals surface area contributed by atoms with Gasteiger partial charge in [-0.3, -0.25) is 5.32 Å². The lowest BCUT2D eigenvalue weighted by Gasteiger charge is -2.11. The number of carbonyl (C=O) groups excluding carboxylic acids is 1. The van der Waals surface area contributed by atoms with E-state index in [1.807, 2.05) is 0 Å². The molecule has 0 saturated carbocycles. The summed E-state index contributed by atoms with van der Waals surface area (Å²) in [5.74, 6) is -0.691. The van der Waals surface area contributed by atoms with Crippen molar-refractivity contribution in [3.05, 3.63) is 78.1 Å². The average molecular weight is 356 g/mol. The van der Waals surface area contributed by atoms with Crippen molar-refractivity contribution in [2.75, 3.05) is 10.6 Å². The highest BCUT2D eigenvalue weighted by atomic mass is 19.1. The first-order chi connectivity index (χ1) is 12.6. The molecule has 6 nitrogen and oxygen atoms in total. The van der Waals surface area contributed by atoms with Gasteiger partial charge in [0.05, 0.1) is 0 Å². The smallest absolute Gasteiger partial charge is 0.325 e. The molecule has 0 unspecified atom stereocenters. The lowest BCUT2D eigenvalue weighted by atomic mass is 10.2. The standard InChI is InChI=1S/C18H14F2N4O2/c19-13-4-1-3-12(9-13)11-26-17-16(21-7-8-22-17)24-18(25)23-15-6-2-5-14(20)10-15/h1-10H,11H2,(H2,21,23,24,25). The third-order valence-electron chi connectivity index (χ3n) is 3.24. The molecule has 0 aliphatic carbocycles. The molecule has 0 spiro atoms. The van der Waals surface area contributed by atoms with Crippen LogP contribution in [0.4, 0.5) is 25.1 Å². The Bertz CT molecular complexity index is 921. The number of halogens is 2. The van der Waals surface area contributed by atoms with Crippen molar-refractivity contribution in [3.63, 3.8) is 0 Å². The Morgan fingerprint density at radius 2 is 1.69 bits per heavy atom. The Balaban J connectivity index is 1.65. The molecule has 1 heterocycles. The highest BCUT2D eigenvalue weighted by Crippen LogP contribution is 2.19. The molecular weight excluding hydrogens is 342 g/mol. The maximum absolute atomic E-state index is 13.2. The van der Waals surface area contributed by atoms with Crippen molar-refractivity contribution in [1.29, 1.82) is 0 Å². The summed E-state index contributed by atoms with van der Waals surface area (Å²) in [5.41, 5.74) is 0.888. The molecular formula is C18H14F2N4O2. The SMILES string of the molecule is O=C(Nc1cccc(F)c1)Nc1nccnc1OCc1cccc(F)c1. The molecule has 0 aliphatic heterocycles. The van der Waals surface area contributed by atoms with Gasteiger partial charge in [0.25, 0.3) is 5.88 Å². The van der Waals surface area contributed by atoms with Gasteiger partial charge in [-0.1, -0.05) is 18.2 Å². The fraction of sp³-hybridized carbons (Fsp3) is 0.0556. The van der Waals surface area contributed by atoms with Crippen LogP contribution in [0.1, 0.15) is 5.56 Å². The Morgan fingerprint density at radius 1 is 0.962 bits per heavy atom. The third-order valence-corrected chi connectivity index (χ3v) is 3.24. The lowest BCUT2D eigenvalue weighted by molar-refractivity contribution is 0.261. The second kappa shape index (κ2) is 8.02. The summed E-state index contributed by atoms with van der Waals surface area (Å²) in [4.78, 5) is 20.1. The summed E-state index contributed by atoms with van der Waals surface area (Å²) >= 11 is 0. The van der Waals surface area contributed by atoms with Crippen molar-refractivity contribution in [3.8, 4) is 5.88 Å². The van der Waals surface area contributed by atoms with Gasteiger partial charge in [-0.15, -0.1) is 0 Å². The lowest BCUT2D eigenvalue weighted by Crippen LogP contribution is -2.21. The molecule has 0 saturated heterocycles. The molecule has 26 heavy (non-hydrogen) atoms. The minimum atomic E-state index is -0.633. The summed E-state index contributed by atoms with van der Waals surface area (Å²) in [6, 6.07) is 10.8. The Hall–Kier alpha value is -3.55. The molecule has 0 fully saturated rings. The van der Waals surface area contributed by atoms with Crippen molar-refractivity contribution in [2.45, 2.75) is 6.61 Å². The van der Waals surface area contributed by atoms with Crippen LogP contribution in [0.25, 0.3) is 0 Å². The molecule has 132 valence electrons. The van der Waals surface area contributed by atoms with E-state index in [1.54, 1.807) is 18.2 Å². The minimum absolute atomic E-state index is 0.0522. The number of anilines is 2. The predicted molar refractivity (Wildman–Crippen MR) is 91.8 cm³/mol. The number of nitrogens with zero attached hydrogens (tertiary/aromatic N) is 2. The van der Waals surface area contributed by atoms with Gasteiger partial charge in [-0.25, -0.2) is 23.5 Å². The van der Waals surface area contributed by atoms with E-state index in [0.29, 0.717) is 5.56 Å². The fourth-order valence-corrected chi connectivity index (χ4v) is 2.13. The summed E-state index contributed by atoms with van der Waals surface area (Å²) in [6.45, 7) is 0.0522. The van der Waals surface area contributed by atoms with E-state index in [4.69, 9.17) is 4.74 Å². The van der Waals surface area contributed by atoms with Crippen molar-refractivity contribution >= 4 is 17.5 Å². The first-order valence-electron chi connectivity index (χ1n) is 7.62. The number of hydrogen-bond donors (Lipinski definition) is 2. The number of amides is 2. The maximum Gasteiger partial charge on any atom is 0.325 e. The molecule has 0 atom stereocenters. The number of urea groups is 1. The van der Waals surface area contributed by atoms with Gasteiger partial charge >= 0.3 is 6.03 Å². The predicted octanol–water partition coefficient (Wildman–Crippen LogP) is 3.98. The number of benzene rings is 2. The normalized spacial score (nSPS) is 10.2. The molecule has 2 amide bonds. The Labute approximate surface area is 147 Å². The highest BCUT2D eigenvalue weighted by molar-refractivity contribution is 5.99. The van der Waals surface area contributed by atoms with E-state index in [9.17, 15) is 13.6 Å². The number of hydrogen-bond acceptors (Lipinski definition) is 4. The average Bonchev–Trinajstić information content (AvgIpc) is 2.61. The number of carbonyl (C=O) groups is 1. The van der Waals surface area contributed by atoms with Crippen LogP contribution in [0.5, 0.6) is 5.88 Å². The Kier molecular flexibility index (Phi) is 5.33. The third kappa shape index (κ3) is 4.73. The van der Waals surface area contributed by atoms with Gasteiger partial charge in [-0.2, -0.15) is 0 Å². The summed E-state index contributed by atoms with van der Waals surface area (Å²) in [7, 11) is 0. The Morgan fingerprint density at radius 3 is 2.46 bits per heavy atom. The monoisotopic (exact) mass is 356 g/mol. The van der Waals surface area contributed by atoms with Crippen LogP contribution < -0.4 is 15.4 Å². The van der Waals surface area contributed by atoms with Gasteiger partial charge in [-0.05, 0) is 35.9 Å². The molecule has 3 rings (SSSR count). The summed E-state index contributed by atoms with van der Waals surface area (Å²) in [6.07, 6.45) is 2.78. The largest absolute Gasteiger partial charge is 0.470 e. The molecule has 2 N–H and O–H groups in total. The fourth-order valence-electron chi connectivity index (χ4n) is 2.13. The van der Waals surface area contributed by atoms with Gasteiger partial charge in [0.1, 0.15) is 18.2 Å². The molecule has 0 radical (unpaired) electrons. The number of nitrogens with one attached hydrogen (secondary N) is 2. The molecule has 2 aromatic carbocycles. The quantitative estimate of drug-likeness (QED) is 0.725. The zero-order valence-corrected chi connectivity index (χ0v) is 13.4. The highest BCUT2D eigenvalue weighted by Gasteiger charge is 2.11.